The first-order valence-corrected chi connectivity index (χ1v) is 13.0. The third-order valence-electron chi connectivity index (χ3n) is 7.64. The van der Waals surface area contributed by atoms with Gasteiger partial charge in [-0.15, -0.1) is 0 Å². The molecule has 0 radical (unpaired) electrons. The molecule has 0 bridgehead atoms. The van der Waals surface area contributed by atoms with E-state index in [9.17, 15) is 18.0 Å². The van der Waals surface area contributed by atoms with E-state index in [4.69, 9.17) is 4.98 Å². The molecule has 2 heterocycles. The van der Waals surface area contributed by atoms with Crippen LogP contribution in [-0.2, 0) is 12.7 Å². The Morgan fingerprint density at radius 1 is 1.03 bits per heavy atom. The molecule has 2 aromatic carbocycles. The van der Waals surface area contributed by atoms with Gasteiger partial charge in [-0.05, 0) is 93.4 Å². The number of benzene rings is 2. The lowest BCUT2D eigenvalue weighted by atomic mass is 9.87. The van der Waals surface area contributed by atoms with Gasteiger partial charge in [0.2, 0.25) is 5.95 Å². The van der Waals surface area contributed by atoms with Crippen LogP contribution in [-0.4, -0.2) is 33.4 Å². The number of nitrogens with one attached hydrogen (secondary N) is 1. The highest BCUT2D eigenvalue weighted by Gasteiger charge is 2.31. The number of imidazole rings is 1. The first-order valence-electron chi connectivity index (χ1n) is 13.0. The van der Waals surface area contributed by atoms with E-state index < -0.39 is 17.6 Å². The topological polar surface area (TPSA) is 50.2 Å². The van der Waals surface area contributed by atoms with Crippen molar-refractivity contribution in [2.45, 2.75) is 70.6 Å². The molecule has 36 heavy (non-hydrogen) atoms. The molecule has 192 valence electrons. The van der Waals surface area contributed by atoms with Crippen LogP contribution in [0, 0.1) is 5.92 Å². The second kappa shape index (κ2) is 10.2. The van der Waals surface area contributed by atoms with Crippen LogP contribution in [0.4, 0.5) is 19.1 Å². The average molecular weight is 499 g/mol. The van der Waals surface area contributed by atoms with Crippen molar-refractivity contribution in [3.8, 4) is 0 Å². The second-order valence-corrected chi connectivity index (χ2v) is 10.4. The largest absolute Gasteiger partial charge is 0.416 e. The number of hydrogen-bond donors (Lipinski definition) is 1. The smallest absolute Gasteiger partial charge is 0.307 e. The van der Waals surface area contributed by atoms with Crippen LogP contribution >= 0.6 is 0 Å². The van der Waals surface area contributed by atoms with Crippen molar-refractivity contribution in [3.63, 3.8) is 0 Å². The van der Waals surface area contributed by atoms with E-state index in [2.05, 4.69) is 39.9 Å². The zero-order valence-corrected chi connectivity index (χ0v) is 20.7. The molecule has 1 saturated heterocycles. The zero-order valence-electron chi connectivity index (χ0n) is 20.7. The predicted molar refractivity (Wildman–Crippen MR) is 135 cm³/mol. The highest BCUT2D eigenvalue weighted by atomic mass is 19.4. The molecule has 1 aliphatic heterocycles. The predicted octanol–water partition coefficient (Wildman–Crippen LogP) is 7.04. The fourth-order valence-corrected chi connectivity index (χ4v) is 5.59. The summed E-state index contributed by atoms with van der Waals surface area (Å²) in [7, 11) is 0. The van der Waals surface area contributed by atoms with E-state index in [1.165, 1.54) is 37.0 Å². The lowest BCUT2D eigenvalue weighted by Gasteiger charge is -2.29. The summed E-state index contributed by atoms with van der Waals surface area (Å²) in [6, 6.07) is 11.0. The van der Waals surface area contributed by atoms with Crippen LogP contribution in [0.2, 0.25) is 0 Å². The molecule has 1 saturated carbocycles. The number of carbonyl (C=O) groups is 1. The van der Waals surface area contributed by atoms with E-state index in [1.54, 1.807) is 0 Å². The lowest BCUT2D eigenvalue weighted by Crippen LogP contribution is -2.29. The van der Waals surface area contributed by atoms with Gasteiger partial charge in [0.05, 0.1) is 16.6 Å². The molecular formula is C28H33F3N4O. The fourth-order valence-electron chi connectivity index (χ4n) is 5.59. The van der Waals surface area contributed by atoms with Gasteiger partial charge in [0.15, 0.2) is 0 Å². The van der Waals surface area contributed by atoms with Crippen molar-refractivity contribution in [2.24, 2.45) is 5.92 Å². The van der Waals surface area contributed by atoms with Crippen molar-refractivity contribution >= 4 is 22.9 Å². The van der Waals surface area contributed by atoms with Gasteiger partial charge in [-0.3, -0.25) is 15.0 Å². The highest BCUT2D eigenvalue weighted by Crippen LogP contribution is 2.37. The van der Waals surface area contributed by atoms with E-state index in [1.807, 2.05) is 0 Å². The van der Waals surface area contributed by atoms with Crippen LogP contribution in [0.3, 0.4) is 0 Å². The highest BCUT2D eigenvalue weighted by molar-refractivity contribution is 6.04. The number of amides is 1. The quantitative estimate of drug-likeness (QED) is 0.410. The summed E-state index contributed by atoms with van der Waals surface area (Å²) < 4.78 is 41.7. The molecule has 1 N–H and O–H groups in total. The van der Waals surface area contributed by atoms with Crippen LogP contribution in [0.1, 0.15) is 79.4 Å². The van der Waals surface area contributed by atoms with Crippen molar-refractivity contribution < 1.29 is 18.0 Å². The van der Waals surface area contributed by atoms with Gasteiger partial charge in [0, 0.05) is 18.2 Å². The average Bonchev–Trinajstić information content (AvgIpc) is 3.21. The van der Waals surface area contributed by atoms with Crippen LogP contribution in [0.25, 0.3) is 11.0 Å². The van der Waals surface area contributed by atoms with Crippen LogP contribution in [0.15, 0.2) is 42.5 Å². The molecule has 1 aromatic heterocycles. The molecule has 8 heteroatoms. The van der Waals surface area contributed by atoms with Gasteiger partial charge in [0.25, 0.3) is 5.91 Å². The van der Waals surface area contributed by atoms with E-state index >= 15 is 0 Å². The summed E-state index contributed by atoms with van der Waals surface area (Å²) in [5.41, 5.74) is 2.07. The standard InChI is InChI=1S/C28H33F3N4O/c1-19-8-11-23(12-9-19)35-25-13-10-20(18-34-14-3-2-4-15-34)16-24(25)32-27(35)33-26(36)21-6-5-7-22(17-21)28(29,30)31/h5-7,10,13,16-17,19,23H,2-4,8-9,11-12,14-15,18H2,1H3,(H,32,33,36). The number of carbonyl (C=O) groups excluding carboxylic acids is 1. The van der Waals surface area contributed by atoms with Crippen LogP contribution < -0.4 is 5.32 Å². The number of nitrogens with zero attached hydrogens (tertiary/aromatic N) is 3. The molecule has 5 nitrogen and oxygen atoms in total. The Labute approximate surface area is 209 Å². The Balaban J connectivity index is 1.46. The SMILES string of the molecule is CC1CCC(n2c(NC(=O)c3cccc(C(F)(F)F)c3)nc3cc(CN4CCCCC4)ccc32)CC1. The van der Waals surface area contributed by atoms with Gasteiger partial charge >= 0.3 is 6.18 Å². The van der Waals surface area contributed by atoms with Crippen molar-refractivity contribution in [3.05, 3.63) is 59.2 Å². The maximum Gasteiger partial charge on any atom is 0.416 e. The molecule has 5 rings (SSSR count). The van der Waals surface area contributed by atoms with Gasteiger partial charge in [-0.25, -0.2) is 4.98 Å². The molecule has 3 aromatic rings. The number of halogens is 3. The van der Waals surface area contributed by atoms with Gasteiger partial charge in [-0.2, -0.15) is 13.2 Å². The minimum absolute atomic E-state index is 0.0357. The summed E-state index contributed by atoms with van der Waals surface area (Å²) in [6.45, 7) is 5.33. The van der Waals surface area contributed by atoms with Crippen LogP contribution in [0.5, 0.6) is 0 Å². The summed E-state index contributed by atoms with van der Waals surface area (Å²) in [4.78, 5) is 20.3. The molecule has 1 aliphatic carbocycles. The molecule has 0 spiro atoms. The minimum atomic E-state index is -4.51. The first-order chi connectivity index (χ1) is 17.3. The second-order valence-electron chi connectivity index (χ2n) is 10.4. The normalized spacial score (nSPS) is 21.6. The number of anilines is 1. The molecule has 1 amide bonds. The summed E-state index contributed by atoms with van der Waals surface area (Å²) in [6.07, 6.45) is 3.38. The summed E-state index contributed by atoms with van der Waals surface area (Å²) in [5.74, 6) is 0.479. The number of alkyl halides is 3. The van der Waals surface area contributed by atoms with Gasteiger partial charge in [0.1, 0.15) is 0 Å². The first kappa shape index (κ1) is 24.8. The number of aromatic nitrogens is 2. The third-order valence-corrected chi connectivity index (χ3v) is 7.64. The van der Waals surface area contributed by atoms with Gasteiger partial charge in [-0.1, -0.05) is 25.5 Å². The number of likely N-dealkylation sites (tertiary alicyclic amines) is 1. The van der Waals surface area contributed by atoms with Crippen molar-refractivity contribution in [1.29, 1.82) is 0 Å². The number of fused-ring (bicyclic) bond motifs is 1. The molecule has 2 aliphatic rings. The molecule has 0 atom stereocenters. The summed E-state index contributed by atoms with van der Waals surface area (Å²) >= 11 is 0. The molecule has 2 fully saturated rings. The maximum atomic E-state index is 13.2. The monoisotopic (exact) mass is 498 g/mol. The van der Waals surface area contributed by atoms with Crippen molar-refractivity contribution in [2.75, 3.05) is 18.4 Å². The third kappa shape index (κ3) is 5.43. The Morgan fingerprint density at radius 2 is 1.78 bits per heavy atom. The Bertz CT molecular complexity index is 1220. The number of rotatable bonds is 5. The number of hydrogen-bond acceptors (Lipinski definition) is 3. The van der Waals surface area contributed by atoms with Gasteiger partial charge < -0.3 is 4.57 Å². The Kier molecular flexibility index (Phi) is 7.06. The maximum absolute atomic E-state index is 13.2. The van der Waals surface area contributed by atoms with E-state index in [0.29, 0.717) is 11.9 Å². The molecular weight excluding hydrogens is 465 g/mol. The zero-order chi connectivity index (χ0) is 25.3. The van der Waals surface area contributed by atoms with Crippen molar-refractivity contribution in [1.82, 2.24) is 14.5 Å². The Hall–Kier alpha value is -2.87. The fraction of sp³-hybridized carbons (Fsp3) is 0.500. The lowest BCUT2D eigenvalue weighted by molar-refractivity contribution is -0.137. The Morgan fingerprint density at radius 3 is 2.50 bits per heavy atom. The number of piperidine rings is 1. The molecule has 0 unspecified atom stereocenters. The van der Waals surface area contributed by atoms with E-state index in [-0.39, 0.29) is 11.6 Å². The minimum Gasteiger partial charge on any atom is -0.307 e. The van der Waals surface area contributed by atoms with E-state index in [0.717, 1.165) is 68.5 Å². The summed E-state index contributed by atoms with van der Waals surface area (Å²) in [5, 5.41) is 2.84.